The van der Waals surface area contributed by atoms with Gasteiger partial charge in [-0.1, -0.05) is 60.7 Å². The molecule has 0 aliphatic carbocycles. The third-order valence-electron chi connectivity index (χ3n) is 6.12. The molecule has 0 bridgehead atoms. The highest BCUT2D eigenvalue weighted by Crippen LogP contribution is 2.27. The minimum atomic E-state index is -0.866. The number of aliphatic hydroxyl groups is 1. The van der Waals surface area contributed by atoms with Crippen molar-refractivity contribution in [3.8, 4) is 5.75 Å². The van der Waals surface area contributed by atoms with Crippen LogP contribution in [0.3, 0.4) is 0 Å². The summed E-state index contributed by atoms with van der Waals surface area (Å²) in [5, 5.41) is 29.3. The molecule has 0 saturated carbocycles. The quantitative estimate of drug-likeness (QED) is 0.220. The second-order valence-corrected chi connectivity index (χ2v) is 9.92. The number of hydrogen-bond donors (Lipinski definition) is 6. The highest BCUT2D eigenvalue weighted by Gasteiger charge is 2.21. The zero-order chi connectivity index (χ0) is 27.0. The predicted molar refractivity (Wildman–Crippen MR) is 145 cm³/mol. The lowest BCUT2D eigenvalue weighted by molar-refractivity contribution is -0.121. The molecule has 37 heavy (non-hydrogen) atoms. The van der Waals surface area contributed by atoms with Gasteiger partial charge < -0.3 is 31.9 Å². The van der Waals surface area contributed by atoms with Crippen molar-refractivity contribution in [2.45, 2.75) is 51.3 Å². The lowest BCUT2D eigenvalue weighted by atomic mass is 9.93. The molecule has 196 valence electrons. The van der Waals surface area contributed by atoms with Crippen LogP contribution in [0.25, 0.3) is 0 Å². The molecule has 3 amide bonds. The van der Waals surface area contributed by atoms with E-state index in [0.29, 0.717) is 18.4 Å². The Morgan fingerprint density at radius 1 is 0.946 bits per heavy atom. The van der Waals surface area contributed by atoms with E-state index in [1.54, 1.807) is 6.07 Å². The van der Waals surface area contributed by atoms with Gasteiger partial charge in [-0.3, -0.25) is 4.79 Å². The molecule has 0 spiro atoms. The zero-order valence-electron chi connectivity index (χ0n) is 21.5. The maximum atomic E-state index is 12.6. The minimum Gasteiger partial charge on any atom is -0.506 e. The molecule has 2 atom stereocenters. The van der Waals surface area contributed by atoms with Gasteiger partial charge in [0.15, 0.2) is 0 Å². The van der Waals surface area contributed by atoms with Gasteiger partial charge >= 0.3 is 6.03 Å². The van der Waals surface area contributed by atoms with Crippen LogP contribution in [0.4, 0.5) is 10.5 Å². The Kier molecular flexibility index (Phi) is 9.27. The number of nitrogens with two attached hydrogens (primary N) is 1. The molecule has 0 aliphatic heterocycles. The number of rotatable bonds is 11. The lowest BCUT2D eigenvalue weighted by Gasteiger charge is -2.28. The van der Waals surface area contributed by atoms with E-state index in [2.05, 4.69) is 16.0 Å². The normalized spacial score (nSPS) is 13.0. The molecule has 0 aliphatic rings. The standard InChI is InChI=1S/C29H36N4O4/c1-19(22-10-5-4-6-11-22)32-27(36)15-20-8-7-9-21(14-20)17-29(2,3)31-18-26(35)23-12-13-25(34)24(16-23)33-28(30)37/h4-14,16,19,26,31,34-35H,15,17-18H2,1-3H3,(H,32,36)(H3,30,33,37)/t19-,26+/m0/s1. The molecule has 0 fully saturated rings. The smallest absolute Gasteiger partial charge is 0.316 e. The summed E-state index contributed by atoms with van der Waals surface area (Å²) in [6.45, 7) is 6.31. The summed E-state index contributed by atoms with van der Waals surface area (Å²) in [4.78, 5) is 23.7. The predicted octanol–water partition coefficient (Wildman–Crippen LogP) is 3.95. The molecule has 0 unspecified atom stereocenters. The Hall–Kier alpha value is -3.88. The second-order valence-electron chi connectivity index (χ2n) is 9.92. The van der Waals surface area contributed by atoms with Crippen LogP contribution in [0.1, 0.15) is 55.2 Å². The van der Waals surface area contributed by atoms with Crippen molar-refractivity contribution < 1.29 is 19.8 Å². The van der Waals surface area contributed by atoms with Crippen molar-refractivity contribution in [1.82, 2.24) is 10.6 Å². The van der Waals surface area contributed by atoms with E-state index in [1.165, 1.54) is 12.1 Å². The fourth-order valence-corrected chi connectivity index (χ4v) is 4.21. The van der Waals surface area contributed by atoms with Gasteiger partial charge in [0.1, 0.15) is 5.75 Å². The summed E-state index contributed by atoms with van der Waals surface area (Å²) < 4.78 is 0. The van der Waals surface area contributed by atoms with Crippen LogP contribution < -0.4 is 21.7 Å². The Morgan fingerprint density at radius 2 is 1.65 bits per heavy atom. The summed E-state index contributed by atoms with van der Waals surface area (Å²) in [5.41, 5.74) is 8.52. The second kappa shape index (κ2) is 12.4. The van der Waals surface area contributed by atoms with E-state index < -0.39 is 12.1 Å². The van der Waals surface area contributed by atoms with Crippen molar-refractivity contribution in [2.24, 2.45) is 5.73 Å². The van der Waals surface area contributed by atoms with E-state index in [-0.39, 0.29) is 35.5 Å². The van der Waals surface area contributed by atoms with Crippen LogP contribution in [0, 0.1) is 0 Å². The Balaban J connectivity index is 1.56. The summed E-state index contributed by atoms with van der Waals surface area (Å²) in [6.07, 6.45) is 0.106. The number of β-amino-alcohol motifs (C(OH)–C–C–N with tert-alkyl or cyclic N) is 1. The average Bonchev–Trinajstić information content (AvgIpc) is 2.84. The number of carbonyl (C=O) groups excluding carboxylic acids is 2. The Bertz CT molecular complexity index is 1210. The summed E-state index contributed by atoms with van der Waals surface area (Å²) >= 11 is 0. The van der Waals surface area contributed by atoms with Crippen LogP contribution in [0.5, 0.6) is 5.75 Å². The fourth-order valence-electron chi connectivity index (χ4n) is 4.21. The van der Waals surface area contributed by atoms with Gasteiger partial charge in [-0.25, -0.2) is 4.79 Å². The SMILES string of the molecule is C[C@H](NC(=O)Cc1cccc(CC(C)(C)NC[C@@H](O)c2ccc(O)c(NC(N)=O)c2)c1)c1ccccc1. The highest BCUT2D eigenvalue weighted by atomic mass is 16.3. The van der Waals surface area contributed by atoms with Crippen LogP contribution in [-0.2, 0) is 17.6 Å². The topological polar surface area (TPSA) is 137 Å². The molecule has 0 aromatic heterocycles. The molecular formula is C29H36N4O4. The van der Waals surface area contributed by atoms with Crippen LogP contribution in [0.2, 0.25) is 0 Å². The third-order valence-corrected chi connectivity index (χ3v) is 6.12. The number of carbonyl (C=O) groups is 2. The molecule has 7 N–H and O–H groups in total. The van der Waals surface area contributed by atoms with Crippen molar-refractivity contribution in [2.75, 3.05) is 11.9 Å². The number of primary amides is 1. The maximum Gasteiger partial charge on any atom is 0.316 e. The molecule has 8 heteroatoms. The fraction of sp³-hybridized carbons (Fsp3) is 0.310. The van der Waals surface area contributed by atoms with E-state index >= 15 is 0 Å². The molecule has 0 saturated heterocycles. The lowest BCUT2D eigenvalue weighted by Crippen LogP contribution is -2.43. The number of phenolic OH excluding ortho intramolecular Hbond substituents is 1. The number of phenols is 1. The van der Waals surface area contributed by atoms with Gasteiger partial charge in [-0.2, -0.15) is 0 Å². The van der Waals surface area contributed by atoms with Gasteiger partial charge in [0.2, 0.25) is 5.91 Å². The number of nitrogens with one attached hydrogen (secondary N) is 3. The van der Waals surface area contributed by atoms with Crippen LogP contribution in [-0.4, -0.2) is 34.2 Å². The first-order valence-electron chi connectivity index (χ1n) is 12.3. The summed E-state index contributed by atoms with van der Waals surface area (Å²) in [6, 6.07) is 21.4. The first-order valence-corrected chi connectivity index (χ1v) is 12.3. The number of aliphatic hydroxyl groups excluding tert-OH is 1. The molecule has 3 rings (SSSR count). The van der Waals surface area contributed by atoms with Gasteiger partial charge in [-0.15, -0.1) is 0 Å². The molecule has 8 nitrogen and oxygen atoms in total. The molecule has 0 heterocycles. The number of urea groups is 1. The molecule has 0 radical (unpaired) electrons. The van der Waals surface area contributed by atoms with Gasteiger partial charge in [-0.05, 0) is 61.6 Å². The van der Waals surface area contributed by atoms with Crippen LogP contribution >= 0.6 is 0 Å². The molecular weight excluding hydrogens is 468 g/mol. The van der Waals surface area contributed by atoms with Crippen molar-refractivity contribution in [1.29, 1.82) is 0 Å². The van der Waals surface area contributed by atoms with Crippen LogP contribution in [0.15, 0.2) is 72.8 Å². The number of hydrogen-bond acceptors (Lipinski definition) is 5. The van der Waals surface area contributed by atoms with Gasteiger partial charge in [0.05, 0.1) is 24.3 Å². The van der Waals surface area contributed by atoms with Gasteiger partial charge in [0, 0.05) is 12.1 Å². The molecule has 3 aromatic rings. The largest absolute Gasteiger partial charge is 0.506 e. The summed E-state index contributed by atoms with van der Waals surface area (Å²) in [5.74, 6) is -0.167. The van der Waals surface area contributed by atoms with Crippen molar-refractivity contribution >= 4 is 17.6 Å². The van der Waals surface area contributed by atoms with E-state index in [1.807, 2.05) is 75.4 Å². The number of anilines is 1. The number of amides is 3. The van der Waals surface area contributed by atoms with Crippen molar-refractivity contribution in [3.05, 3.63) is 95.1 Å². The number of aromatic hydroxyl groups is 1. The summed E-state index contributed by atoms with van der Waals surface area (Å²) in [7, 11) is 0. The van der Waals surface area contributed by atoms with E-state index in [0.717, 1.165) is 16.7 Å². The monoisotopic (exact) mass is 504 g/mol. The van der Waals surface area contributed by atoms with E-state index in [4.69, 9.17) is 5.73 Å². The number of benzene rings is 3. The average molecular weight is 505 g/mol. The van der Waals surface area contributed by atoms with E-state index in [9.17, 15) is 19.8 Å². The minimum absolute atomic E-state index is 0.0342. The third kappa shape index (κ3) is 8.63. The first-order chi connectivity index (χ1) is 17.5. The highest BCUT2D eigenvalue weighted by molar-refractivity contribution is 5.89. The van der Waals surface area contributed by atoms with Crippen molar-refractivity contribution in [3.63, 3.8) is 0 Å². The zero-order valence-corrected chi connectivity index (χ0v) is 21.5. The maximum absolute atomic E-state index is 12.6. The molecule has 3 aromatic carbocycles. The Morgan fingerprint density at radius 3 is 2.35 bits per heavy atom. The Labute approximate surface area is 217 Å². The van der Waals surface area contributed by atoms with Gasteiger partial charge in [0.25, 0.3) is 0 Å². The first kappa shape index (κ1) is 27.7.